The van der Waals surface area contributed by atoms with Crippen LogP contribution in [0.5, 0.6) is 0 Å². The van der Waals surface area contributed by atoms with Crippen molar-refractivity contribution in [3.63, 3.8) is 0 Å². The maximum absolute atomic E-state index is 13.2. The van der Waals surface area contributed by atoms with Crippen LogP contribution in [0.1, 0.15) is 39.2 Å². The molecule has 12 nitrogen and oxygen atoms in total. The quantitative estimate of drug-likeness (QED) is 0.155. The van der Waals surface area contributed by atoms with Crippen molar-refractivity contribution in [2.45, 2.75) is 64.6 Å². The minimum Gasteiger partial charge on any atom is -0.451 e. The fraction of sp³-hybridized carbons (Fsp3) is 0.552. The molecule has 0 aliphatic carbocycles. The van der Waals surface area contributed by atoms with Gasteiger partial charge in [-0.1, -0.05) is 44.2 Å². The van der Waals surface area contributed by atoms with Crippen LogP contribution in [0.2, 0.25) is 0 Å². The highest BCUT2D eigenvalue weighted by molar-refractivity contribution is 6.05. The van der Waals surface area contributed by atoms with Gasteiger partial charge in [0.25, 0.3) is 5.91 Å². The van der Waals surface area contributed by atoms with Crippen LogP contribution < -0.4 is 0 Å². The summed E-state index contributed by atoms with van der Waals surface area (Å²) in [6, 6.07) is 8.92. The van der Waals surface area contributed by atoms with Gasteiger partial charge in [-0.15, -0.1) is 0 Å². The molecule has 4 unspecified atom stereocenters. The Morgan fingerprint density at radius 2 is 1.83 bits per heavy atom. The second-order valence-corrected chi connectivity index (χ2v) is 9.76. The molecular formula is C29H39NO11. The number of amides is 2. The second-order valence-electron chi connectivity index (χ2n) is 9.76. The minimum atomic E-state index is -1.72. The lowest BCUT2D eigenvalue weighted by molar-refractivity contribution is -0.166. The van der Waals surface area contributed by atoms with Crippen LogP contribution >= 0.6 is 0 Å². The van der Waals surface area contributed by atoms with Crippen LogP contribution in [-0.2, 0) is 49.5 Å². The molecule has 1 heterocycles. The fourth-order valence-corrected chi connectivity index (χ4v) is 3.98. The Kier molecular flexibility index (Phi) is 14.3. The molecule has 1 aromatic carbocycles. The van der Waals surface area contributed by atoms with Crippen molar-refractivity contribution in [3.8, 4) is 0 Å². The number of carbonyl (C=O) groups is 5. The van der Waals surface area contributed by atoms with Crippen molar-refractivity contribution in [3.05, 3.63) is 48.0 Å². The standard InChI is InChI=1S/C29H39NO11/c1-19(2)24-18-40-29(36)30(24)28(35)27(37-4)26(41-20(3)32)25(34)13-12-22(33)11-8-14-38-17-23(15-31)39-16-21-9-6-5-7-10-21/h5-7,9-10,12-13,19,23-24,26-27,31H,8,11,14-18H2,1-4H3. The van der Waals surface area contributed by atoms with E-state index >= 15 is 0 Å². The van der Waals surface area contributed by atoms with Crippen molar-refractivity contribution >= 4 is 29.5 Å². The number of methoxy groups -OCH3 is 1. The molecule has 2 rings (SSSR count). The first-order valence-corrected chi connectivity index (χ1v) is 13.4. The van der Waals surface area contributed by atoms with Gasteiger partial charge in [0.1, 0.15) is 12.7 Å². The molecule has 0 aromatic heterocycles. The molecule has 1 saturated heterocycles. The van der Waals surface area contributed by atoms with Crippen molar-refractivity contribution < 1.29 is 52.8 Å². The number of allylic oxidation sites excluding steroid dienone is 1. The monoisotopic (exact) mass is 577 g/mol. The number of rotatable bonds is 18. The van der Waals surface area contributed by atoms with Crippen LogP contribution in [0.4, 0.5) is 4.79 Å². The third-order valence-electron chi connectivity index (χ3n) is 6.24. The van der Waals surface area contributed by atoms with E-state index in [0.717, 1.165) is 36.6 Å². The summed E-state index contributed by atoms with van der Waals surface area (Å²) in [6.45, 7) is 5.12. The number of aliphatic hydroxyl groups excluding tert-OH is 1. The molecule has 41 heavy (non-hydrogen) atoms. The Bertz CT molecular complexity index is 1060. The van der Waals surface area contributed by atoms with Gasteiger partial charge in [-0.25, -0.2) is 9.69 Å². The largest absolute Gasteiger partial charge is 0.451 e. The summed E-state index contributed by atoms with van der Waals surface area (Å²) in [5.41, 5.74) is 0.966. The third-order valence-corrected chi connectivity index (χ3v) is 6.24. The molecule has 1 fully saturated rings. The molecule has 226 valence electrons. The van der Waals surface area contributed by atoms with Crippen LogP contribution in [0.25, 0.3) is 0 Å². The number of ether oxygens (including phenoxy) is 5. The molecule has 0 spiro atoms. The number of imide groups is 1. The van der Waals surface area contributed by atoms with Gasteiger partial charge in [-0.05, 0) is 30.1 Å². The van der Waals surface area contributed by atoms with Gasteiger partial charge in [0.2, 0.25) is 0 Å². The van der Waals surface area contributed by atoms with Gasteiger partial charge in [0.05, 0.1) is 25.9 Å². The molecular weight excluding hydrogens is 538 g/mol. The number of aliphatic hydroxyl groups is 1. The van der Waals surface area contributed by atoms with Crippen molar-refractivity contribution in [2.75, 3.05) is 33.5 Å². The zero-order valence-electron chi connectivity index (χ0n) is 23.9. The first kappa shape index (κ1) is 33.8. The van der Waals surface area contributed by atoms with E-state index in [0.29, 0.717) is 13.0 Å². The number of hydrogen-bond acceptors (Lipinski definition) is 11. The Balaban J connectivity index is 1.87. The topological polar surface area (TPSA) is 155 Å². The van der Waals surface area contributed by atoms with E-state index in [9.17, 15) is 29.1 Å². The summed E-state index contributed by atoms with van der Waals surface area (Å²) in [5.74, 6) is -3.14. The summed E-state index contributed by atoms with van der Waals surface area (Å²) in [7, 11) is 1.14. The number of nitrogens with zero attached hydrogens (tertiary/aromatic N) is 1. The first-order chi connectivity index (χ1) is 19.6. The SMILES string of the molecule is COC(C(=O)N1C(=O)OCC1C(C)C)C(OC(C)=O)C(=O)C=CC(=O)CCCOCC(CO)OCc1ccccc1. The number of carbonyl (C=O) groups excluding carboxylic acids is 5. The maximum Gasteiger partial charge on any atom is 0.417 e. The van der Waals surface area contributed by atoms with E-state index in [1.54, 1.807) is 13.8 Å². The Morgan fingerprint density at radius 1 is 1.12 bits per heavy atom. The summed E-state index contributed by atoms with van der Waals surface area (Å²) in [5, 5.41) is 9.49. The second kappa shape index (κ2) is 17.4. The molecule has 1 aliphatic heterocycles. The highest BCUT2D eigenvalue weighted by atomic mass is 16.6. The van der Waals surface area contributed by atoms with E-state index in [4.69, 9.17) is 23.7 Å². The lowest BCUT2D eigenvalue weighted by atomic mass is 10.0. The van der Waals surface area contributed by atoms with Gasteiger partial charge < -0.3 is 28.8 Å². The Morgan fingerprint density at radius 3 is 2.44 bits per heavy atom. The summed E-state index contributed by atoms with van der Waals surface area (Å²) in [6.07, 6.45) is -2.41. The fourth-order valence-electron chi connectivity index (χ4n) is 3.98. The smallest absolute Gasteiger partial charge is 0.417 e. The first-order valence-electron chi connectivity index (χ1n) is 13.4. The molecule has 0 bridgehead atoms. The number of benzene rings is 1. The third kappa shape index (κ3) is 10.8. The van der Waals surface area contributed by atoms with Gasteiger partial charge in [-0.2, -0.15) is 0 Å². The van der Waals surface area contributed by atoms with Crippen LogP contribution in [0, 0.1) is 5.92 Å². The normalized spacial score (nSPS) is 17.4. The van der Waals surface area contributed by atoms with Crippen LogP contribution in [-0.4, -0.2) is 97.4 Å². The highest BCUT2D eigenvalue weighted by Gasteiger charge is 2.46. The van der Waals surface area contributed by atoms with Gasteiger partial charge in [0, 0.05) is 27.1 Å². The molecule has 0 saturated carbocycles. The maximum atomic E-state index is 13.2. The molecule has 12 heteroatoms. The summed E-state index contributed by atoms with van der Waals surface area (Å²) < 4.78 is 26.4. The predicted octanol–water partition coefficient (Wildman–Crippen LogP) is 2.01. The number of hydrogen-bond donors (Lipinski definition) is 1. The van der Waals surface area contributed by atoms with Gasteiger partial charge >= 0.3 is 12.1 Å². The lowest BCUT2D eigenvalue weighted by Gasteiger charge is -2.29. The molecule has 1 N–H and O–H groups in total. The van der Waals surface area contributed by atoms with E-state index in [1.165, 1.54) is 0 Å². The van der Waals surface area contributed by atoms with Crippen molar-refractivity contribution in [1.29, 1.82) is 0 Å². The molecule has 2 amide bonds. The van der Waals surface area contributed by atoms with Crippen molar-refractivity contribution in [2.24, 2.45) is 5.92 Å². The van der Waals surface area contributed by atoms with E-state index in [-0.39, 0.29) is 38.8 Å². The molecule has 0 radical (unpaired) electrons. The lowest BCUT2D eigenvalue weighted by Crippen LogP contribution is -2.53. The van der Waals surface area contributed by atoms with Gasteiger partial charge in [0.15, 0.2) is 23.8 Å². The summed E-state index contributed by atoms with van der Waals surface area (Å²) >= 11 is 0. The number of esters is 1. The average molecular weight is 578 g/mol. The van der Waals surface area contributed by atoms with E-state index in [2.05, 4.69) is 0 Å². The van der Waals surface area contributed by atoms with Crippen LogP contribution in [0.15, 0.2) is 42.5 Å². The zero-order chi connectivity index (χ0) is 30.4. The average Bonchev–Trinajstić information content (AvgIpc) is 3.34. The van der Waals surface area contributed by atoms with Gasteiger partial charge in [-0.3, -0.25) is 19.2 Å². The zero-order valence-corrected chi connectivity index (χ0v) is 23.9. The Labute approximate surface area is 239 Å². The van der Waals surface area contributed by atoms with E-state index in [1.807, 2.05) is 30.3 Å². The van der Waals surface area contributed by atoms with Crippen molar-refractivity contribution in [1.82, 2.24) is 4.90 Å². The number of ketones is 2. The molecule has 1 aromatic rings. The van der Waals surface area contributed by atoms with E-state index < -0.39 is 53.9 Å². The predicted molar refractivity (Wildman–Crippen MR) is 144 cm³/mol. The Hall–Kier alpha value is -3.45. The molecule has 1 aliphatic rings. The summed E-state index contributed by atoms with van der Waals surface area (Å²) in [4.78, 5) is 63.2. The number of cyclic esters (lactones) is 1. The minimum absolute atomic E-state index is 0.00958. The highest BCUT2D eigenvalue weighted by Crippen LogP contribution is 2.23. The van der Waals surface area contributed by atoms with Crippen LogP contribution in [0.3, 0.4) is 0 Å². The molecule has 4 atom stereocenters.